The minimum atomic E-state index is -4.16. The minimum Gasteiger partial charge on any atom is -0.352 e. The van der Waals surface area contributed by atoms with Crippen LogP contribution in [0.15, 0.2) is 112 Å². The number of carbonyl (C=O) groups is 2. The standard InChI is InChI=1S/C36H37BrClN3O4S/c1-26-11-21-33(22-12-26)46(44,45)41(32-19-15-29(37)16-20-32)25-35(42)40(24-28-13-17-30(38)18-14-28)34(23-27-7-3-2-4-8-27)36(43)39-31-9-5-6-10-31/h2-4,7-8,11-22,31,34H,5-6,9-10,23-25H2,1H3,(H,39,43)/t34-/m1/s1. The second-order valence-electron chi connectivity index (χ2n) is 11.6. The van der Waals surface area contributed by atoms with Gasteiger partial charge in [0.15, 0.2) is 0 Å². The third kappa shape index (κ3) is 8.57. The van der Waals surface area contributed by atoms with Crippen molar-refractivity contribution in [3.63, 3.8) is 0 Å². The molecule has 1 atom stereocenters. The molecule has 1 aliphatic carbocycles. The van der Waals surface area contributed by atoms with Gasteiger partial charge in [-0.05, 0) is 79.4 Å². The molecular formula is C36H37BrClN3O4S. The number of nitrogens with zero attached hydrogens (tertiary/aromatic N) is 2. The number of rotatable bonds is 12. The summed E-state index contributed by atoms with van der Waals surface area (Å²) in [5, 5.41) is 3.74. The van der Waals surface area contributed by atoms with Gasteiger partial charge in [0.05, 0.1) is 10.6 Å². The van der Waals surface area contributed by atoms with Crippen LogP contribution in [-0.4, -0.2) is 43.8 Å². The number of carbonyl (C=O) groups excluding carboxylic acids is 2. The van der Waals surface area contributed by atoms with Crippen LogP contribution in [0.3, 0.4) is 0 Å². The van der Waals surface area contributed by atoms with Crippen molar-refractivity contribution in [2.45, 2.75) is 62.6 Å². The maximum Gasteiger partial charge on any atom is 0.264 e. The van der Waals surface area contributed by atoms with E-state index in [-0.39, 0.29) is 29.8 Å². The first kappa shape index (κ1) is 33.7. The Bertz CT molecular complexity index is 1730. The molecule has 1 fully saturated rings. The third-order valence-electron chi connectivity index (χ3n) is 8.24. The van der Waals surface area contributed by atoms with Crippen LogP contribution in [0, 0.1) is 6.92 Å². The summed E-state index contributed by atoms with van der Waals surface area (Å²) in [5.74, 6) is -0.759. The molecule has 0 saturated heterocycles. The fourth-order valence-corrected chi connectivity index (χ4v) is 7.49. The lowest BCUT2D eigenvalue weighted by molar-refractivity contribution is -0.140. The van der Waals surface area contributed by atoms with Crippen molar-refractivity contribution in [2.75, 3.05) is 10.8 Å². The molecule has 0 aliphatic heterocycles. The van der Waals surface area contributed by atoms with Gasteiger partial charge in [-0.15, -0.1) is 0 Å². The molecule has 0 heterocycles. The predicted molar refractivity (Wildman–Crippen MR) is 186 cm³/mol. The Morgan fingerprint density at radius 1 is 0.870 bits per heavy atom. The lowest BCUT2D eigenvalue weighted by Gasteiger charge is -2.34. The Kier molecular flexibility index (Phi) is 11.2. The van der Waals surface area contributed by atoms with E-state index in [1.54, 1.807) is 60.7 Å². The summed E-state index contributed by atoms with van der Waals surface area (Å²) < 4.78 is 30.2. The van der Waals surface area contributed by atoms with Crippen molar-refractivity contribution in [2.24, 2.45) is 0 Å². The quantitative estimate of drug-likeness (QED) is 0.166. The van der Waals surface area contributed by atoms with Crippen molar-refractivity contribution in [3.05, 3.63) is 129 Å². The van der Waals surface area contributed by atoms with Crippen molar-refractivity contribution in [1.29, 1.82) is 0 Å². The van der Waals surface area contributed by atoms with E-state index >= 15 is 0 Å². The zero-order valence-electron chi connectivity index (χ0n) is 25.6. The maximum absolute atomic E-state index is 14.6. The number of amides is 2. The van der Waals surface area contributed by atoms with Gasteiger partial charge in [0, 0.05) is 28.5 Å². The fraction of sp³-hybridized carbons (Fsp3) is 0.278. The number of aryl methyl sites for hydroxylation is 1. The van der Waals surface area contributed by atoms with E-state index in [9.17, 15) is 18.0 Å². The first-order chi connectivity index (χ1) is 22.1. The van der Waals surface area contributed by atoms with Crippen LogP contribution in [0.5, 0.6) is 0 Å². The largest absolute Gasteiger partial charge is 0.352 e. The third-order valence-corrected chi connectivity index (χ3v) is 10.8. The van der Waals surface area contributed by atoms with Gasteiger partial charge in [-0.25, -0.2) is 8.42 Å². The van der Waals surface area contributed by atoms with Gasteiger partial charge < -0.3 is 10.2 Å². The number of hydrogen-bond acceptors (Lipinski definition) is 4. The van der Waals surface area contributed by atoms with E-state index in [1.807, 2.05) is 49.4 Å². The number of nitrogens with one attached hydrogen (secondary N) is 1. The Morgan fingerprint density at radius 2 is 1.50 bits per heavy atom. The average Bonchev–Trinajstić information content (AvgIpc) is 3.56. The SMILES string of the molecule is Cc1ccc(S(=O)(=O)N(CC(=O)N(Cc2ccc(Cl)cc2)[C@H](Cc2ccccc2)C(=O)NC2CCCC2)c2ccc(Br)cc2)cc1. The molecule has 4 aromatic carbocycles. The molecule has 0 bridgehead atoms. The first-order valence-corrected chi connectivity index (χ1v) is 17.9. The van der Waals surface area contributed by atoms with E-state index < -0.39 is 28.5 Å². The van der Waals surface area contributed by atoms with Gasteiger partial charge in [-0.2, -0.15) is 0 Å². The average molecular weight is 723 g/mol. The van der Waals surface area contributed by atoms with Gasteiger partial charge in [-0.3, -0.25) is 13.9 Å². The molecule has 5 rings (SSSR count). The van der Waals surface area contributed by atoms with E-state index in [0.717, 1.165) is 51.2 Å². The molecule has 46 heavy (non-hydrogen) atoms. The lowest BCUT2D eigenvalue weighted by atomic mass is 10.0. The Balaban J connectivity index is 1.55. The summed E-state index contributed by atoms with van der Waals surface area (Å²) in [5.41, 5.74) is 2.90. The fourth-order valence-electron chi connectivity index (χ4n) is 5.68. The highest BCUT2D eigenvalue weighted by molar-refractivity contribution is 9.10. The molecular weight excluding hydrogens is 686 g/mol. The second kappa shape index (κ2) is 15.3. The molecule has 1 aliphatic rings. The molecule has 7 nitrogen and oxygen atoms in total. The monoisotopic (exact) mass is 721 g/mol. The molecule has 4 aromatic rings. The van der Waals surface area contributed by atoms with Crippen molar-refractivity contribution < 1.29 is 18.0 Å². The number of halogens is 2. The van der Waals surface area contributed by atoms with Crippen LogP contribution in [0.4, 0.5) is 5.69 Å². The number of anilines is 1. The van der Waals surface area contributed by atoms with Gasteiger partial charge in [0.2, 0.25) is 11.8 Å². The number of sulfonamides is 1. The highest BCUT2D eigenvalue weighted by Gasteiger charge is 2.35. The van der Waals surface area contributed by atoms with Gasteiger partial charge >= 0.3 is 0 Å². The summed E-state index contributed by atoms with van der Waals surface area (Å²) in [6.07, 6.45) is 4.13. The van der Waals surface area contributed by atoms with Crippen LogP contribution >= 0.6 is 27.5 Å². The highest BCUT2D eigenvalue weighted by atomic mass is 79.9. The second-order valence-corrected chi connectivity index (χ2v) is 14.9. The Morgan fingerprint density at radius 3 is 2.13 bits per heavy atom. The van der Waals surface area contributed by atoms with E-state index in [4.69, 9.17) is 11.6 Å². The Labute approximate surface area is 284 Å². The first-order valence-electron chi connectivity index (χ1n) is 15.3. The zero-order chi connectivity index (χ0) is 32.7. The van der Waals surface area contributed by atoms with E-state index in [0.29, 0.717) is 10.7 Å². The maximum atomic E-state index is 14.6. The van der Waals surface area contributed by atoms with Crippen LogP contribution in [-0.2, 0) is 32.6 Å². The predicted octanol–water partition coefficient (Wildman–Crippen LogP) is 7.31. The van der Waals surface area contributed by atoms with Crippen molar-refractivity contribution in [3.8, 4) is 0 Å². The van der Waals surface area contributed by atoms with Crippen LogP contribution in [0.2, 0.25) is 5.02 Å². The molecule has 240 valence electrons. The van der Waals surface area contributed by atoms with Gasteiger partial charge in [0.25, 0.3) is 10.0 Å². The van der Waals surface area contributed by atoms with Gasteiger partial charge in [0.1, 0.15) is 12.6 Å². The summed E-state index contributed by atoms with van der Waals surface area (Å²) in [7, 11) is -4.16. The number of benzene rings is 4. The molecule has 0 radical (unpaired) electrons. The van der Waals surface area contributed by atoms with Crippen LogP contribution in [0.1, 0.15) is 42.4 Å². The van der Waals surface area contributed by atoms with Crippen LogP contribution in [0.25, 0.3) is 0 Å². The highest BCUT2D eigenvalue weighted by Crippen LogP contribution is 2.27. The molecule has 0 aromatic heterocycles. The summed E-state index contributed by atoms with van der Waals surface area (Å²) in [6.45, 7) is 1.46. The minimum absolute atomic E-state index is 0.0411. The normalized spacial score (nSPS) is 14.1. The molecule has 0 spiro atoms. The molecule has 1 saturated carbocycles. The summed E-state index contributed by atoms with van der Waals surface area (Å²) >= 11 is 9.59. The Hall–Kier alpha value is -3.66. The van der Waals surface area contributed by atoms with Gasteiger partial charge in [-0.1, -0.05) is 101 Å². The topological polar surface area (TPSA) is 86.8 Å². The molecule has 2 amide bonds. The lowest BCUT2D eigenvalue weighted by Crippen LogP contribution is -2.54. The smallest absolute Gasteiger partial charge is 0.264 e. The van der Waals surface area contributed by atoms with E-state index in [1.165, 1.54) is 4.90 Å². The van der Waals surface area contributed by atoms with Crippen LogP contribution < -0.4 is 9.62 Å². The van der Waals surface area contributed by atoms with Crippen molar-refractivity contribution in [1.82, 2.24) is 10.2 Å². The van der Waals surface area contributed by atoms with E-state index in [2.05, 4.69) is 21.2 Å². The molecule has 1 N–H and O–H groups in total. The van der Waals surface area contributed by atoms with Crippen molar-refractivity contribution >= 4 is 55.1 Å². The number of hydrogen-bond donors (Lipinski definition) is 1. The summed E-state index contributed by atoms with van der Waals surface area (Å²) in [6, 6.07) is 29.1. The summed E-state index contributed by atoms with van der Waals surface area (Å²) in [4.78, 5) is 30.2. The molecule has 10 heteroatoms. The molecule has 0 unspecified atom stereocenters. The zero-order valence-corrected chi connectivity index (χ0v) is 28.8.